The highest BCUT2D eigenvalue weighted by Gasteiger charge is 2.37. The van der Waals surface area contributed by atoms with Gasteiger partial charge in [0.2, 0.25) is 5.91 Å². The van der Waals surface area contributed by atoms with Gasteiger partial charge < -0.3 is 14.5 Å². The molecule has 0 N–H and O–H groups in total. The molecule has 2 aromatic carbocycles. The third kappa shape index (κ3) is 4.96. The average Bonchev–Trinajstić information content (AvgIpc) is 3.35. The molecule has 0 radical (unpaired) electrons. The van der Waals surface area contributed by atoms with E-state index in [-0.39, 0.29) is 17.6 Å². The van der Waals surface area contributed by atoms with Crippen molar-refractivity contribution < 1.29 is 18.7 Å². The van der Waals surface area contributed by atoms with Gasteiger partial charge in [0.25, 0.3) is 5.91 Å². The lowest BCUT2D eigenvalue weighted by Crippen LogP contribution is -2.45. The topological polar surface area (TPSA) is 49.9 Å². The van der Waals surface area contributed by atoms with Crippen molar-refractivity contribution in [3.05, 3.63) is 65.0 Å². The molecule has 34 heavy (non-hydrogen) atoms. The number of hydrogen-bond donors (Lipinski definition) is 0. The van der Waals surface area contributed by atoms with E-state index in [1.807, 2.05) is 61.8 Å². The summed E-state index contributed by atoms with van der Waals surface area (Å²) in [5.74, 6) is 0.324. The Morgan fingerprint density at radius 1 is 1.09 bits per heavy atom. The molecule has 2 amide bonds. The minimum absolute atomic E-state index is 0.0226. The number of fused-ring (bicyclic) bond motifs is 1. The number of benzene rings is 2. The van der Waals surface area contributed by atoms with E-state index in [2.05, 4.69) is 0 Å². The Balaban J connectivity index is 1.70. The highest BCUT2D eigenvalue weighted by molar-refractivity contribution is 5.83. The van der Waals surface area contributed by atoms with Crippen molar-refractivity contribution in [1.82, 2.24) is 9.80 Å². The standard InChI is InChI=1S/C28H35FN2O3/c1-5-24(26(32)30-14-6-7-15-30)34-22-12-11-19-13-16-31(27(33)28(2,3)4)25(23(19)18-22)20-9-8-10-21(29)17-20/h8-12,17-18,24-25H,5-7,13-16H2,1-4H3/t24-,25-/m0/s1. The number of nitrogens with zero attached hydrogens (tertiary/aromatic N) is 2. The van der Waals surface area contributed by atoms with Gasteiger partial charge in [0.05, 0.1) is 6.04 Å². The molecular formula is C28H35FN2O3. The predicted octanol–water partition coefficient (Wildman–Crippen LogP) is 5.13. The Hall–Kier alpha value is -2.89. The van der Waals surface area contributed by atoms with Crippen LogP contribution >= 0.6 is 0 Å². The molecule has 0 saturated carbocycles. The maximum absolute atomic E-state index is 14.2. The maximum atomic E-state index is 14.2. The van der Waals surface area contributed by atoms with Gasteiger partial charge in [-0.1, -0.05) is 45.9 Å². The predicted molar refractivity (Wildman–Crippen MR) is 130 cm³/mol. The molecule has 2 aliphatic heterocycles. The second-order valence-electron chi connectivity index (χ2n) is 10.4. The van der Waals surface area contributed by atoms with E-state index >= 15 is 0 Å². The Labute approximate surface area is 201 Å². The van der Waals surface area contributed by atoms with Gasteiger partial charge in [-0.05, 0) is 66.6 Å². The van der Waals surface area contributed by atoms with Gasteiger partial charge in [0.15, 0.2) is 6.10 Å². The minimum atomic E-state index is -0.563. The SMILES string of the molecule is CC[C@H](Oc1ccc2c(c1)[C@H](c1cccc(F)c1)N(C(=O)C(C)(C)C)CC2)C(=O)N1CCCC1. The molecule has 4 rings (SSSR count). The second kappa shape index (κ2) is 9.77. The third-order valence-electron chi connectivity index (χ3n) is 6.75. The third-order valence-corrected chi connectivity index (χ3v) is 6.75. The van der Waals surface area contributed by atoms with Crippen LogP contribution in [0.4, 0.5) is 4.39 Å². The van der Waals surface area contributed by atoms with Gasteiger partial charge in [0, 0.05) is 25.0 Å². The minimum Gasteiger partial charge on any atom is -0.481 e. The van der Waals surface area contributed by atoms with E-state index in [0.29, 0.717) is 25.1 Å². The number of hydrogen-bond acceptors (Lipinski definition) is 3. The molecular weight excluding hydrogens is 431 g/mol. The Bertz CT molecular complexity index is 1060. The van der Waals surface area contributed by atoms with E-state index < -0.39 is 17.6 Å². The summed E-state index contributed by atoms with van der Waals surface area (Å²) < 4.78 is 20.4. The fourth-order valence-corrected chi connectivity index (χ4v) is 4.97. The van der Waals surface area contributed by atoms with E-state index in [1.165, 1.54) is 12.1 Å². The van der Waals surface area contributed by atoms with Crippen LogP contribution in [0.2, 0.25) is 0 Å². The number of carbonyl (C=O) groups excluding carboxylic acids is 2. The number of ether oxygens (including phenoxy) is 1. The van der Waals surface area contributed by atoms with E-state index in [0.717, 1.165) is 42.6 Å². The molecule has 0 aromatic heterocycles. The van der Waals surface area contributed by atoms with E-state index in [1.54, 1.807) is 6.07 Å². The van der Waals surface area contributed by atoms with Crippen molar-refractivity contribution in [1.29, 1.82) is 0 Å². The van der Waals surface area contributed by atoms with Crippen LogP contribution in [0, 0.1) is 11.2 Å². The van der Waals surface area contributed by atoms with Gasteiger partial charge in [-0.3, -0.25) is 9.59 Å². The van der Waals surface area contributed by atoms with Crippen LogP contribution in [0.15, 0.2) is 42.5 Å². The first kappa shape index (κ1) is 24.2. The van der Waals surface area contributed by atoms with Crippen LogP contribution in [-0.4, -0.2) is 47.4 Å². The summed E-state index contributed by atoms with van der Waals surface area (Å²) in [4.78, 5) is 30.1. The summed E-state index contributed by atoms with van der Waals surface area (Å²) in [6, 6.07) is 11.9. The molecule has 1 saturated heterocycles. The van der Waals surface area contributed by atoms with Crippen molar-refractivity contribution in [2.75, 3.05) is 19.6 Å². The molecule has 5 nitrogen and oxygen atoms in total. The lowest BCUT2D eigenvalue weighted by Gasteiger charge is -2.41. The number of likely N-dealkylation sites (tertiary alicyclic amines) is 1. The highest BCUT2D eigenvalue weighted by Crippen LogP contribution is 2.39. The lowest BCUT2D eigenvalue weighted by atomic mass is 9.85. The maximum Gasteiger partial charge on any atom is 0.263 e. The van der Waals surface area contributed by atoms with Crippen LogP contribution in [0.25, 0.3) is 0 Å². The molecule has 2 aromatic rings. The first-order valence-electron chi connectivity index (χ1n) is 12.3. The summed E-state index contributed by atoms with van der Waals surface area (Å²) in [6.07, 6.45) is 2.82. The summed E-state index contributed by atoms with van der Waals surface area (Å²) >= 11 is 0. The monoisotopic (exact) mass is 466 g/mol. The van der Waals surface area contributed by atoms with E-state index in [4.69, 9.17) is 4.74 Å². The number of halogens is 1. The zero-order chi connectivity index (χ0) is 24.5. The molecule has 0 unspecified atom stereocenters. The summed E-state index contributed by atoms with van der Waals surface area (Å²) in [5, 5.41) is 0. The largest absolute Gasteiger partial charge is 0.481 e. The molecule has 1 fully saturated rings. The van der Waals surface area contributed by atoms with Crippen LogP contribution in [-0.2, 0) is 16.0 Å². The van der Waals surface area contributed by atoms with Crippen molar-refractivity contribution in [2.45, 2.75) is 65.5 Å². The number of carbonyl (C=O) groups is 2. The Kier molecular flexibility index (Phi) is 6.96. The highest BCUT2D eigenvalue weighted by atomic mass is 19.1. The Morgan fingerprint density at radius 3 is 2.47 bits per heavy atom. The fourth-order valence-electron chi connectivity index (χ4n) is 4.97. The van der Waals surface area contributed by atoms with Crippen LogP contribution in [0.1, 0.15) is 69.7 Å². The van der Waals surface area contributed by atoms with Crippen molar-refractivity contribution in [3.8, 4) is 5.75 Å². The summed E-state index contributed by atoms with van der Waals surface area (Å²) in [5.41, 5.74) is 2.21. The summed E-state index contributed by atoms with van der Waals surface area (Å²) in [6.45, 7) is 9.81. The van der Waals surface area contributed by atoms with Crippen molar-refractivity contribution in [3.63, 3.8) is 0 Å². The average molecular weight is 467 g/mol. The fraction of sp³-hybridized carbons (Fsp3) is 0.500. The number of amides is 2. The molecule has 0 aliphatic carbocycles. The summed E-state index contributed by atoms with van der Waals surface area (Å²) in [7, 11) is 0. The van der Waals surface area contributed by atoms with Crippen LogP contribution in [0.3, 0.4) is 0 Å². The van der Waals surface area contributed by atoms with E-state index in [9.17, 15) is 14.0 Å². The second-order valence-corrected chi connectivity index (χ2v) is 10.4. The first-order valence-corrected chi connectivity index (χ1v) is 12.3. The molecule has 2 aliphatic rings. The van der Waals surface area contributed by atoms with Crippen molar-refractivity contribution in [2.24, 2.45) is 5.41 Å². The van der Waals surface area contributed by atoms with Crippen LogP contribution < -0.4 is 4.74 Å². The smallest absolute Gasteiger partial charge is 0.263 e. The molecule has 6 heteroatoms. The molecule has 2 heterocycles. The van der Waals surface area contributed by atoms with Gasteiger partial charge in [-0.15, -0.1) is 0 Å². The quantitative estimate of drug-likeness (QED) is 0.614. The molecule has 2 atom stereocenters. The normalized spacial score (nSPS) is 19.0. The molecule has 182 valence electrons. The Morgan fingerprint density at radius 2 is 1.82 bits per heavy atom. The van der Waals surface area contributed by atoms with Gasteiger partial charge >= 0.3 is 0 Å². The first-order chi connectivity index (χ1) is 16.2. The van der Waals surface area contributed by atoms with Crippen molar-refractivity contribution >= 4 is 11.8 Å². The van der Waals surface area contributed by atoms with Gasteiger partial charge in [-0.25, -0.2) is 4.39 Å². The lowest BCUT2D eigenvalue weighted by molar-refractivity contribution is -0.141. The zero-order valence-electron chi connectivity index (χ0n) is 20.6. The van der Waals surface area contributed by atoms with Gasteiger partial charge in [-0.2, -0.15) is 0 Å². The molecule has 0 spiro atoms. The van der Waals surface area contributed by atoms with Gasteiger partial charge in [0.1, 0.15) is 11.6 Å². The molecule has 0 bridgehead atoms. The van der Waals surface area contributed by atoms with Crippen LogP contribution in [0.5, 0.6) is 5.75 Å². The zero-order valence-corrected chi connectivity index (χ0v) is 20.6. The number of rotatable bonds is 5.